The summed E-state index contributed by atoms with van der Waals surface area (Å²) in [5.74, 6) is 1.07. The quantitative estimate of drug-likeness (QED) is 0.0430. The third-order valence-corrected chi connectivity index (χ3v) is 16.6. The summed E-state index contributed by atoms with van der Waals surface area (Å²) in [5.41, 5.74) is 13.0. The molecule has 4 N–H and O–H groups in total. The zero-order valence-electron chi connectivity index (χ0n) is 49.1. The molecule has 0 atom stereocenters. The van der Waals surface area contributed by atoms with E-state index in [4.69, 9.17) is 23.8 Å². The molecule has 0 aliphatic carbocycles. The molecule has 0 saturated carbocycles. The van der Waals surface area contributed by atoms with Crippen molar-refractivity contribution in [3.05, 3.63) is 177 Å². The van der Waals surface area contributed by atoms with Crippen molar-refractivity contribution < 1.29 is 49.0 Å². The average molecular weight is 1080 g/mol. The monoisotopic (exact) mass is 1070 g/mol. The molecule has 0 spiro atoms. The van der Waals surface area contributed by atoms with Crippen LogP contribution in [0.25, 0.3) is 34.4 Å². The summed E-state index contributed by atoms with van der Waals surface area (Å²) in [6.45, 7) is 23.9. The molecule has 10 nitrogen and oxygen atoms in total. The maximum absolute atomic E-state index is 10.8. The van der Waals surface area contributed by atoms with Crippen LogP contribution in [0.3, 0.4) is 0 Å². The molecule has 0 aliphatic heterocycles. The number of hydrogen-bond acceptors (Lipinski definition) is 10. The number of phenols is 2. The van der Waals surface area contributed by atoms with E-state index in [1.54, 1.807) is 13.2 Å². The van der Waals surface area contributed by atoms with Crippen molar-refractivity contribution in [2.45, 2.75) is 163 Å². The standard InChI is InChI=1S/C34H42O5.C34H44O3.CO2/c1-7-33(37,8-2)18-17-26-11-16-29(19-24(26)5)34(9-3,10-4)28-14-12-27(13-15-28)30-20-25(22-39-23-35)21-31(38-6)32(30)36;1-8-25-22-30(32(35)31(23-25)37-7)27-14-16-28(17-15-27)34(11-4,12-5)29-18-13-26(24(6)21-29)19-20-33(36,9-2)10-3;2-1-3/h11-21,23,36-37H,7-10,22H2,1-6H3;13-23,35-36H,8-12H2,1-7H3;/b18-17+;20-19+;. The first kappa shape index (κ1) is 64.3. The minimum atomic E-state index is -0.775. The predicted octanol–water partition coefficient (Wildman–Crippen LogP) is 15.7. The molecular formula is C69H86O10. The van der Waals surface area contributed by atoms with E-state index in [1.807, 2.05) is 76.3 Å². The van der Waals surface area contributed by atoms with Crippen molar-refractivity contribution in [3.8, 4) is 45.3 Å². The van der Waals surface area contributed by atoms with Crippen molar-refractivity contribution in [2.75, 3.05) is 14.2 Å². The molecule has 0 radical (unpaired) electrons. The highest BCUT2D eigenvalue weighted by Crippen LogP contribution is 2.45. The van der Waals surface area contributed by atoms with Crippen molar-refractivity contribution in [2.24, 2.45) is 0 Å². The van der Waals surface area contributed by atoms with E-state index in [2.05, 4.69) is 127 Å². The molecule has 0 unspecified atom stereocenters. The zero-order valence-corrected chi connectivity index (χ0v) is 49.1. The van der Waals surface area contributed by atoms with Crippen molar-refractivity contribution in [3.63, 3.8) is 0 Å². The van der Waals surface area contributed by atoms with Crippen LogP contribution in [0.4, 0.5) is 0 Å². The second kappa shape index (κ2) is 29.7. The van der Waals surface area contributed by atoms with Crippen LogP contribution < -0.4 is 9.47 Å². The van der Waals surface area contributed by atoms with Crippen LogP contribution in [0.5, 0.6) is 23.0 Å². The van der Waals surface area contributed by atoms with E-state index < -0.39 is 11.2 Å². The topological polar surface area (TPSA) is 160 Å². The van der Waals surface area contributed by atoms with Gasteiger partial charge in [0.05, 0.1) is 25.4 Å². The number of aryl methyl sites for hydroxylation is 3. The van der Waals surface area contributed by atoms with Gasteiger partial charge < -0.3 is 34.6 Å². The molecular weight excluding hydrogens is 989 g/mol. The van der Waals surface area contributed by atoms with Crippen LogP contribution in [0.2, 0.25) is 0 Å². The van der Waals surface area contributed by atoms with Gasteiger partial charge in [0, 0.05) is 22.0 Å². The Morgan fingerprint density at radius 2 is 0.823 bits per heavy atom. The fourth-order valence-corrected chi connectivity index (χ4v) is 10.7. The summed E-state index contributed by atoms with van der Waals surface area (Å²) in [7, 11) is 3.09. The van der Waals surface area contributed by atoms with E-state index in [0.29, 0.717) is 49.2 Å². The first-order valence-electron chi connectivity index (χ1n) is 27.9. The Morgan fingerprint density at radius 3 is 1.13 bits per heavy atom. The van der Waals surface area contributed by atoms with E-state index in [0.717, 1.165) is 71.0 Å². The molecule has 6 aromatic carbocycles. The van der Waals surface area contributed by atoms with E-state index in [-0.39, 0.29) is 35.1 Å². The molecule has 0 fully saturated rings. The lowest BCUT2D eigenvalue weighted by Crippen LogP contribution is -2.26. The first-order chi connectivity index (χ1) is 37.8. The van der Waals surface area contributed by atoms with E-state index in [9.17, 15) is 25.2 Å². The third kappa shape index (κ3) is 15.1. The summed E-state index contributed by atoms with van der Waals surface area (Å²) >= 11 is 0. The van der Waals surface area contributed by atoms with Crippen LogP contribution in [0, 0.1) is 13.8 Å². The first-order valence-corrected chi connectivity index (χ1v) is 27.9. The summed E-state index contributed by atoms with van der Waals surface area (Å²) in [6, 6.07) is 37.7. The summed E-state index contributed by atoms with van der Waals surface area (Å²) in [4.78, 5) is 26.9. The number of aliphatic hydroxyl groups is 2. The van der Waals surface area contributed by atoms with Crippen molar-refractivity contribution in [1.82, 2.24) is 0 Å². The summed E-state index contributed by atoms with van der Waals surface area (Å²) in [5, 5.41) is 42.9. The number of ether oxygens (including phenoxy) is 3. The number of aromatic hydroxyl groups is 2. The lowest BCUT2D eigenvalue weighted by atomic mass is 9.70. The molecule has 0 aliphatic rings. The average Bonchev–Trinajstić information content (AvgIpc) is 3.57. The smallest absolute Gasteiger partial charge is 0.373 e. The van der Waals surface area contributed by atoms with Crippen LogP contribution in [0.1, 0.15) is 169 Å². The lowest BCUT2D eigenvalue weighted by molar-refractivity contribution is -0.191. The van der Waals surface area contributed by atoms with Gasteiger partial charge in [-0.25, -0.2) is 0 Å². The second-order valence-corrected chi connectivity index (χ2v) is 20.4. The highest BCUT2D eigenvalue weighted by Gasteiger charge is 2.33. The number of phenolic OH excluding ortho intramolecular Hbond substituents is 2. The molecule has 0 amide bonds. The van der Waals surface area contributed by atoms with Gasteiger partial charge in [0.25, 0.3) is 6.47 Å². The Morgan fingerprint density at radius 1 is 0.481 bits per heavy atom. The van der Waals surface area contributed by atoms with E-state index in [1.165, 1.54) is 40.5 Å². The highest BCUT2D eigenvalue weighted by atomic mass is 16.5. The van der Waals surface area contributed by atoms with E-state index >= 15 is 0 Å². The predicted molar refractivity (Wildman–Crippen MR) is 320 cm³/mol. The van der Waals surface area contributed by atoms with Crippen molar-refractivity contribution >= 4 is 24.8 Å². The minimum Gasteiger partial charge on any atom is -0.504 e. The maximum atomic E-state index is 10.8. The lowest BCUT2D eigenvalue weighted by Gasteiger charge is -2.34. The van der Waals surface area contributed by atoms with Crippen molar-refractivity contribution in [1.29, 1.82) is 0 Å². The molecule has 6 rings (SSSR count). The van der Waals surface area contributed by atoms with Crippen LogP contribution in [-0.4, -0.2) is 58.5 Å². The van der Waals surface area contributed by atoms with Gasteiger partial charge in [-0.2, -0.15) is 9.59 Å². The number of hydrogen-bond donors (Lipinski definition) is 4. The molecule has 6 aromatic rings. The van der Waals surface area contributed by atoms with Gasteiger partial charge in [-0.05, 0) is 163 Å². The number of benzene rings is 6. The van der Waals surface area contributed by atoms with Gasteiger partial charge >= 0.3 is 6.15 Å². The molecule has 79 heavy (non-hydrogen) atoms. The van der Waals surface area contributed by atoms with Crippen LogP contribution >= 0.6 is 0 Å². The van der Waals surface area contributed by atoms with Gasteiger partial charge in [0.1, 0.15) is 6.61 Å². The van der Waals surface area contributed by atoms with Gasteiger partial charge in [-0.1, -0.05) is 172 Å². The number of methoxy groups -OCH3 is 2. The zero-order chi connectivity index (χ0) is 58.6. The highest BCUT2D eigenvalue weighted by molar-refractivity contribution is 5.76. The maximum Gasteiger partial charge on any atom is 0.373 e. The Balaban J connectivity index is 0.000000325. The Kier molecular flexibility index (Phi) is 24.1. The molecule has 0 bridgehead atoms. The molecule has 0 heterocycles. The van der Waals surface area contributed by atoms with Gasteiger partial charge in [0.15, 0.2) is 23.0 Å². The fraction of sp³-hybridized carbons (Fsp3) is 0.391. The third-order valence-electron chi connectivity index (χ3n) is 16.6. The molecule has 422 valence electrons. The Bertz CT molecular complexity index is 3000. The number of rotatable bonds is 24. The van der Waals surface area contributed by atoms with Gasteiger partial charge in [0.2, 0.25) is 0 Å². The normalized spacial score (nSPS) is 11.8. The minimum absolute atomic E-state index is 0.0506. The number of carbonyl (C=O) groups is 1. The largest absolute Gasteiger partial charge is 0.504 e. The Labute approximate surface area is 470 Å². The van der Waals surface area contributed by atoms with Gasteiger partial charge in [-0.15, -0.1) is 0 Å². The summed E-state index contributed by atoms with van der Waals surface area (Å²) in [6.07, 6.45) is 15.7. The number of carbonyl (C=O) groups excluding carboxylic acids is 3. The van der Waals surface area contributed by atoms with Gasteiger partial charge in [-0.3, -0.25) is 4.79 Å². The fourth-order valence-electron chi connectivity index (χ4n) is 10.7. The molecule has 10 heteroatoms. The molecule has 0 saturated heterocycles. The van der Waals surface area contributed by atoms with Crippen LogP contribution in [-0.2, 0) is 43.0 Å². The Hall–Kier alpha value is -7.23. The summed E-state index contributed by atoms with van der Waals surface area (Å²) < 4.78 is 15.7. The molecule has 0 aromatic heterocycles. The second-order valence-electron chi connectivity index (χ2n) is 20.4. The van der Waals surface area contributed by atoms with Crippen LogP contribution in [0.15, 0.2) is 121 Å². The SMILES string of the molecule is CCC(O)(/C=C/c1ccc(C(CC)(CC)c2ccc(-c3cc(COC=O)cc(OC)c3O)cc2)cc1C)CC.CCc1cc(OC)c(O)c(-c2ccc(C(CC)(CC)c3ccc(/C=C/C(O)(CC)CC)c(C)c3)cc2)c1.O=C=O.